The zero-order valence-electron chi connectivity index (χ0n) is 20.2. The van der Waals surface area contributed by atoms with Crippen molar-refractivity contribution in [2.75, 3.05) is 36.0 Å². The van der Waals surface area contributed by atoms with Crippen LogP contribution in [0.3, 0.4) is 0 Å². The van der Waals surface area contributed by atoms with E-state index in [1.165, 1.54) is 17.3 Å². The quantitative estimate of drug-likeness (QED) is 0.271. The van der Waals surface area contributed by atoms with E-state index in [0.717, 1.165) is 36.7 Å². The number of carbonyl (C=O) groups is 2. The average Bonchev–Trinajstić information content (AvgIpc) is 3.32. The van der Waals surface area contributed by atoms with Gasteiger partial charge >= 0.3 is 5.97 Å². The van der Waals surface area contributed by atoms with Gasteiger partial charge < -0.3 is 14.5 Å². The van der Waals surface area contributed by atoms with Gasteiger partial charge in [0.1, 0.15) is 10.1 Å². The summed E-state index contributed by atoms with van der Waals surface area (Å²) in [5.41, 5.74) is 3.73. The molecule has 2 heterocycles. The third kappa shape index (κ3) is 5.13. The first kappa shape index (κ1) is 25.0. The number of rotatable bonds is 8. The van der Waals surface area contributed by atoms with E-state index in [-0.39, 0.29) is 11.9 Å². The molecule has 1 saturated heterocycles. The number of hydrogen-bond donors (Lipinski definition) is 0. The van der Waals surface area contributed by atoms with Crippen LogP contribution in [0.5, 0.6) is 0 Å². The number of hydrogen-bond acceptors (Lipinski definition) is 7. The number of anilines is 2. The lowest BCUT2D eigenvalue weighted by Crippen LogP contribution is -2.30. The van der Waals surface area contributed by atoms with Crippen LogP contribution >= 0.6 is 24.0 Å². The smallest absolute Gasteiger partial charge is 0.338 e. The molecule has 1 amide bonds. The lowest BCUT2D eigenvalue weighted by Gasteiger charge is -2.24. The van der Waals surface area contributed by atoms with E-state index in [0.29, 0.717) is 27.9 Å². The van der Waals surface area contributed by atoms with Crippen LogP contribution in [0.15, 0.2) is 71.4 Å². The molecule has 6 nitrogen and oxygen atoms in total. The summed E-state index contributed by atoms with van der Waals surface area (Å²) in [7, 11) is 0. The first-order valence-electron chi connectivity index (χ1n) is 11.8. The molecule has 0 bridgehead atoms. The number of ether oxygens (including phenoxy) is 1. The van der Waals surface area contributed by atoms with Crippen molar-refractivity contribution in [3.8, 4) is 0 Å². The van der Waals surface area contributed by atoms with Crippen molar-refractivity contribution in [3.05, 3.63) is 82.5 Å². The van der Waals surface area contributed by atoms with Crippen molar-refractivity contribution in [2.24, 2.45) is 0 Å². The third-order valence-corrected chi connectivity index (χ3v) is 7.37. The highest BCUT2D eigenvalue weighted by Crippen LogP contribution is 2.42. The Morgan fingerprint density at radius 3 is 2.37 bits per heavy atom. The lowest BCUT2D eigenvalue weighted by atomic mass is 10.1. The van der Waals surface area contributed by atoms with Crippen molar-refractivity contribution >= 4 is 51.6 Å². The summed E-state index contributed by atoms with van der Waals surface area (Å²) in [5.74, 6) is 0.571. The Hall–Kier alpha value is -3.10. The van der Waals surface area contributed by atoms with Crippen molar-refractivity contribution in [2.45, 2.75) is 27.2 Å². The van der Waals surface area contributed by atoms with E-state index in [9.17, 15) is 9.59 Å². The topological polar surface area (TPSA) is 53.1 Å². The van der Waals surface area contributed by atoms with E-state index in [4.69, 9.17) is 17.0 Å². The predicted molar refractivity (Wildman–Crippen MR) is 147 cm³/mol. The molecule has 35 heavy (non-hydrogen) atoms. The zero-order chi connectivity index (χ0) is 24.9. The maximum absolute atomic E-state index is 12.7. The van der Waals surface area contributed by atoms with Gasteiger partial charge in [-0.1, -0.05) is 54.3 Å². The van der Waals surface area contributed by atoms with Crippen LogP contribution < -0.4 is 9.80 Å². The molecule has 4 rings (SSSR count). The van der Waals surface area contributed by atoms with Crippen molar-refractivity contribution < 1.29 is 14.3 Å². The molecular formula is C27H29N3O3S2. The van der Waals surface area contributed by atoms with Gasteiger partial charge in [-0.05, 0) is 63.1 Å². The summed E-state index contributed by atoms with van der Waals surface area (Å²) in [6.45, 7) is 8.16. The van der Waals surface area contributed by atoms with E-state index < -0.39 is 0 Å². The van der Waals surface area contributed by atoms with Crippen LogP contribution in [0.1, 0.15) is 36.7 Å². The van der Waals surface area contributed by atoms with Crippen LogP contribution in [-0.4, -0.2) is 47.3 Å². The Bertz CT molecular complexity index is 1190. The summed E-state index contributed by atoms with van der Waals surface area (Å²) in [6, 6.07) is 16.0. The molecule has 0 radical (unpaired) electrons. The van der Waals surface area contributed by atoms with Crippen molar-refractivity contribution in [1.29, 1.82) is 0 Å². The zero-order valence-corrected chi connectivity index (χ0v) is 21.8. The van der Waals surface area contributed by atoms with Gasteiger partial charge in [-0.2, -0.15) is 0 Å². The van der Waals surface area contributed by atoms with Crippen molar-refractivity contribution in [1.82, 2.24) is 4.90 Å². The monoisotopic (exact) mass is 507 g/mol. The Balaban J connectivity index is 1.73. The van der Waals surface area contributed by atoms with Gasteiger partial charge in [0.2, 0.25) is 0 Å². The molecule has 2 aliphatic rings. The maximum atomic E-state index is 12.7. The normalized spacial score (nSPS) is 17.6. The fourth-order valence-corrected chi connectivity index (χ4v) is 5.60. The molecule has 1 fully saturated rings. The minimum absolute atomic E-state index is 0.0571. The molecule has 0 unspecified atom stereocenters. The Morgan fingerprint density at radius 2 is 1.71 bits per heavy atom. The summed E-state index contributed by atoms with van der Waals surface area (Å²) in [6.07, 6.45) is 4.68. The summed E-state index contributed by atoms with van der Waals surface area (Å²) >= 11 is 6.70. The predicted octanol–water partition coefficient (Wildman–Crippen LogP) is 5.36. The Kier molecular flexibility index (Phi) is 7.93. The SMILES string of the molecule is CCOC(=O)c1ccc2c(c1)N(CCc1ccccc1)/C(=C\C=C1/SC(=S)N(CC)C1=O)N2CC. The van der Waals surface area contributed by atoms with Crippen LogP contribution in [-0.2, 0) is 16.0 Å². The number of carbonyl (C=O) groups excluding carboxylic acids is 2. The first-order valence-corrected chi connectivity index (χ1v) is 13.1. The minimum atomic E-state index is -0.331. The highest BCUT2D eigenvalue weighted by Gasteiger charge is 2.33. The van der Waals surface area contributed by atoms with Gasteiger partial charge in [-0.25, -0.2) is 4.79 Å². The van der Waals surface area contributed by atoms with Gasteiger partial charge in [0.25, 0.3) is 5.91 Å². The molecule has 0 saturated carbocycles. The number of likely N-dealkylation sites (N-methyl/N-ethyl adjacent to an activating group) is 1. The molecule has 2 aromatic carbocycles. The van der Waals surface area contributed by atoms with E-state index in [1.807, 2.05) is 55.5 Å². The number of fused-ring (bicyclic) bond motifs is 1. The fourth-order valence-electron chi connectivity index (χ4n) is 4.27. The van der Waals surface area contributed by atoms with Crippen LogP contribution in [0.4, 0.5) is 11.4 Å². The van der Waals surface area contributed by atoms with Gasteiger partial charge in [0, 0.05) is 19.6 Å². The summed E-state index contributed by atoms with van der Waals surface area (Å²) < 4.78 is 5.82. The highest BCUT2D eigenvalue weighted by molar-refractivity contribution is 8.26. The molecule has 2 aromatic rings. The molecule has 0 atom stereocenters. The van der Waals surface area contributed by atoms with Gasteiger partial charge in [0.05, 0.1) is 28.5 Å². The molecule has 0 spiro atoms. The van der Waals surface area contributed by atoms with E-state index in [1.54, 1.807) is 11.8 Å². The molecular weight excluding hydrogens is 478 g/mol. The van der Waals surface area contributed by atoms with Gasteiger partial charge in [0.15, 0.2) is 0 Å². The number of thiocarbonyl (C=S) groups is 1. The number of benzene rings is 2. The van der Waals surface area contributed by atoms with E-state index in [2.05, 4.69) is 28.9 Å². The number of allylic oxidation sites excluding steroid dienone is 2. The number of thioether (sulfide) groups is 1. The largest absolute Gasteiger partial charge is 0.462 e. The number of esters is 1. The second-order valence-corrected chi connectivity index (χ2v) is 9.70. The fraction of sp³-hybridized carbons (Fsp3) is 0.296. The number of nitrogens with zero attached hydrogens (tertiary/aromatic N) is 3. The molecule has 182 valence electrons. The molecule has 2 aliphatic heterocycles. The van der Waals surface area contributed by atoms with Crippen LogP contribution in [0.2, 0.25) is 0 Å². The second-order valence-electron chi connectivity index (χ2n) is 8.03. The summed E-state index contributed by atoms with van der Waals surface area (Å²) in [4.78, 5) is 31.8. The molecule has 0 aromatic heterocycles. The number of amides is 1. The Morgan fingerprint density at radius 1 is 0.971 bits per heavy atom. The average molecular weight is 508 g/mol. The molecule has 8 heteroatoms. The lowest BCUT2D eigenvalue weighted by molar-refractivity contribution is -0.122. The highest BCUT2D eigenvalue weighted by atomic mass is 32.2. The van der Waals surface area contributed by atoms with Gasteiger partial charge in [-0.15, -0.1) is 0 Å². The molecule has 0 N–H and O–H groups in total. The standard InChI is InChI=1S/C27H29N3O3S2/c1-4-28-21-13-12-20(26(32)33-6-3)18-22(21)30(17-16-19-10-8-7-9-11-19)24(28)15-14-23-25(31)29(5-2)27(34)35-23/h7-15,18H,4-6,16-17H2,1-3H3/b23-14-,24-15-. The minimum Gasteiger partial charge on any atom is -0.462 e. The van der Waals surface area contributed by atoms with Crippen LogP contribution in [0, 0.1) is 0 Å². The van der Waals surface area contributed by atoms with Crippen LogP contribution in [0.25, 0.3) is 0 Å². The Labute approximate surface area is 216 Å². The first-order chi connectivity index (χ1) is 17.0. The third-order valence-electron chi connectivity index (χ3n) is 5.98. The second kappa shape index (κ2) is 11.1. The van der Waals surface area contributed by atoms with Gasteiger partial charge in [-0.3, -0.25) is 9.69 Å². The van der Waals surface area contributed by atoms with Crippen molar-refractivity contribution in [3.63, 3.8) is 0 Å². The van der Waals surface area contributed by atoms with E-state index >= 15 is 0 Å². The molecule has 0 aliphatic carbocycles. The summed E-state index contributed by atoms with van der Waals surface area (Å²) in [5, 5.41) is 0. The maximum Gasteiger partial charge on any atom is 0.338 e.